The molecule has 0 unspecified atom stereocenters. The van der Waals surface area contributed by atoms with Gasteiger partial charge < -0.3 is 15.1 Å². The smallest absolute Gasteiger partial charge is 0.335 e. The van der Waals surface area contributed by atoms with Crippen molar-refractivity contribution in [3.8, 4) is 0 Å². The van der Waals surface area contributed by atoms with Gasteiger partial charge in [-0.2, -0.15) is 0 Å². The standard InChI is InChI=1S/C16H20N2O6S/c19-14(18-9-7-16(22,8-10-18)15(20)21)11-1-5-13(6-2-11)25(23,24)17-12-3-4-12/h1-2,5-6,12,17,22H,3-4,7-10H2,(H,20,21). The maximum atomic E-state index is 12.5. The van der Waals surface area contributed by atoms with E-state index in [-0.39, 0.29) is 42.8 Å². The van der Waals surface area contributed by atoms with Gasteiger partial charge in [0.1, 0.15) is 0 Å². The molecule has 0 atom stereocenters. The second-order valence-electron chi connectivity index (χ2n) is 6.55. The fourth-order valence-corrected chi connectivity index (χ4v) is 4.05. The van der Waals surface area contributed by atoms with E-state index in [1.807, 2.05) is 0 Å². The van der Waals surface area contributed by atoms with Gasteiger partial charge in [0.15, 0.2) is 5.60 Å². The summed E-state index contributed by atoms with van der Waals surface area (Å²) in [5, 5.41) is 18.9. The minimum absolute atomic E-state index is 0.00708. The Morgan fingerprint density at radius 3 is 2.16 bits per heavy atom. The highest BCUT2D eigenvalue weighted by Gasteiger charge is 2.40. The lowest BCUT2D eigenvalue weighted by Gasteiger charge is -2.35. The van der Waals surface area contributed by atoms with Gasteiger partial charge in [0.25, 0.3) is 5.91 Å². The highest BCUT2D eigenvalue weighted by atomic mass is 32.2. The highest BCUT2D eigenvalue weighted by molar-refractivity contribution is 7.89. The zero-order chi connectivity index (χ0) is 18.2. The molecule has 8 nitrogen and oxygen atoms in total. The lowest BCUT2D eigenvalue weighted by molar-refractivity contribution is -0.162. The average Bonchev–Trinajstić information content (AvgIpc) is 3.38. The zero-order valence-electron chi connectivity index (χ0n) is 13.5. The topological polar surface area (TPSA) is 124 Å². The molecule has 1 saturated carbocycles. The van der Waals surface area contributed by atoms with Crippen LogP contribution in [0.1, 0.15) is 36.0 Å². The molecule has 0 bridgehead atoms. The van der Waals surface area contributed by atoms with E-state index in [2.05, 4.69) is 4.72 Å². The maximum absolute atomic E-state index is 12.5. The van der Waals surface area contributed by atoms with Crippen LogP contribution in [0.2, 0.25) is 0 Å². The molecule has 1 amide bonds. The Labute approximate surface area is 145 Å². The number of aliphatic carboxylic acids is 1. The third-order valence-corrected chi connectivity index (χ3v) is 6.12. The number of nitrogens with zero attached hydrogens (tertiary/aromatic N) is 1. The third-order valence-electron chi connectivity index (χ3n) is 4.59. The van der Waals surface area contributed by atoms with Crippen molar-refractivity contribution in [3.63, 3.8) is 0 Å². The molecule has 2 fully saturated rings. The minimum Gasteiger partial charge on any atom is -0.479 e. The van der Waals surface area contributed by atoms with E-state index in [9.17, 15) is 23.1 Å². The number of aliphatic hydroxyl groups is 1. The molecule has 3 N–H and O–H groups in total. The summed E-state index contributed by atoms with van der Waals surface area (Å²) in [6.45, 7) is 0.260. The molecule has 0 spiro atoms. The second kappa shape index (κ2) is 6.40. The summed E-state index contributed by atoms with van der Waals surface area (Å²) in [7, 11) is -3.56. The van der Waals surface area contributed by atoms with E-state index in [4.69, 9.17) is 5.11 Å². The Kier molecular flexibility index (Phi) is 4.56. The van der Waals surface area contributed by atoms with Gasteiger partial charge in [0.05, 0.1) is 4.90 Å². The van der Waals surface area contributed by atoms with Crippen molar-refractivity contribution in [2.24, 2.45) is 0 Å². The van der Waals surface area contributed by atoms with Crippen molar-refractivity contribution in [1.29, 1.82) is 0 Å². The quantitative estimate of drug-likeness (QED) is 0.681. The van der Waals surface area contributed by atoms with E-state index < -0.39 is 21.6 Å². The minimum atomic E-state index is -3.56. The van der Waals surface area contributed by atoms with E-state index in [0.717, 1.165) is 12.8 Å². The number of carbonyl (C=O) groups is 2. The van der Waals surface area contributed by atoms with Crippen LogP contribution in [0.4, 0.5) is 0 Å². The summed E-state index contributed by atoms with van der Waals surface area (Å²) in [5.74, 6) is -1.59. The molecule has 0 aromatic heterocycles. The van der Waals surface area contributed by atoms with Gasteiger partial charge in [-0.05, 0) is 37.1 Å². The Bertz CT molecular complexity index is 777. The van der Waals surface area contributed by atoms with Crippen LogP contribution in [0.3, 0.4) is 0 Å². The number of amides is 1. The molecule has 1 aliphatic heterocycles. The molecule has 25 heavy (non-hydrogen) atoms. The fourth-order valence-electron chi connectivity index (χ4n) is 2.74. The Morgan fingerprint density at radius 2 is 1.68 bits per heavy atom. The molecule has 1 aliphatic carbocycles. The molecule has 136 valence electrons. The summed E-state index contributed by atoms with van der Waals surface area (Å²) >= 11 is 0. The lowest BCUT2D eigenvalue weighted by Crippen LogP contribution is -2.50. The van der Waals surface area contributed by atoms with E-state index in [0.29, 0.717) is 5.56 Å². The number of carbonyl (C=O) groups excluding carboxylic acids is 1. The van der Waals surface area contributed by atoms with Crippen molar-refractivity contribution in [2.75, 3.05) is 13.1 Å². The molecule has 3 rings (SSSR count). The monoisotopic (exact) mass is 368 g/mol. The van der Waals surface area contributed by atoms with E-state index in [1.54, 1.807) is 0 Å². The average molecular weight is 368 g/mol. The summed E-state index contributed by atoms with van der Waals surface area (Å²) < 4.78 is 26.8. The molecule has 1 aromatic rings. The predicted octanol–water partition coefficient (Wildman–Crippen LogP) is 0.179. The Hall–Kier alpha value is -1.97. The van der Waals surface area contributed by atoms with Gasteiger partial charge in [-0.15, -0.1) is 0 Å². The van der Waals surface area contributed by atoms with Crippen LogP contribution in [0, 0.1) is 0 Å². The Balaban J connectivity index is 1.66. The molecule has 1 heterocycles. The molecular formula is C16H20N2O6S. The molecule has 9 heteroatoms. The van der Waals surface area contributed by atoms with Crippen LogP contribution in [0.25, 0.3) is 0 Å². The molecule has 0 radical (unpaired) electrons. The zero-order valence-corrected chi connectivity index (χ0v) is 14.3. The first-order valence-electron chi connectivity index (χ1n) is 8.09. The number of carboxylic acid groups (broad SMARTS) is 1. The molecule has 1 aromatic carbocycles. The molecular weight excluding hydrogens is 348 g/mol. The van der Waals surface area contributed by atoms with Gasteiger partial charge in [-0.1, -0.05) is 0 Å². The van der Waals surface area contributed by atoms with Crippen molar-refractivity contribution in [2.45, 2.75) is 42.2 Å². The van der Waals surface area contributed by atoms with Gasteiger partial charge in [-0.3, -0.25) is 4.79 Å². The van der Waals surface area contributed by atoms with Crippen molar-refractivity contribution < 1.29 is 28.2 Å². The first kappa shape index (κ1) is 17.8. The number of likely N-dealkylation sites (tertiary alicyclic amines) is 1. The van der Waals surface area contributed by atoms with Crippen LogP contribution < -0.4 is 4.72 Å². The molecule has 1 saturated heterocycles. The van der Waals surface area contributed by atoms with Crippen LogP contribution >= 0.6 is 0 Å². The number of hydrogen-bond acceptors (Lipinski definition) is 5. The normalized spacial score (nSPS) is 20.3. The van der Waals surface area contributed by atoms with E-state index >= 15 is 0 Å². The third kappa shape index (κ3) is 3.83. The summed E-state index contributed by atoms with van der Waals surface area (Å²) in [5.41, 5.74) is -1.46. The number of nitrogens with one attached hydrogen (secondary N) is 1. The number of benzene rings is 1. The number of carboxylic acids is 1. The first-order chi connectivity index (χ1) is 11.7. The van der Waals surface area contributed by atoms with Crippen molar-refractivity contribution in [3.05, 3.63) is 29.8 Å². The van der Waals surface area contributed by atoms with Gasteiger partial charge in [0.2, 0.25) is 10.0 Å². The summed E-state index contributed by atoms with van der Waals surface area (Å²) in [4.78, 5) is 25.0. The summed E-state index contributed by atoms with van der Waals surface area (Å²) in [6, 6.07) is 5.67. The maximum Gasteiger partial charge on any atom is 0.335 e. The summed E-state index contributed by atoms with van der Waals surface area (Å²) in [6.07, 6.45) is 1.61. The number of piperidine rings is 1. The largest absolute Gasteiger partial charge is 0.479 e. The first-order valence-corrected chi connectivity index (χ1v) is 9.57. The number of rotatable bonds is 5. The van der Waals surface area contributed by atoms with Crippen molar-refractivity contribution in [1.82, 2.24) is 9.62 Å². The predicted molar refractivity (Wildman–Crippen MR) is 87.5 cm³/mol. The SMILES string of the molecule is O=C(c1ccc(S(=O)(=O)NC2CC2)cc1)N1CCC(O)(C(=O)O)CC1. The number of sulfonamides is 1. The fraction of sp³-hybridized carbons (Fsp3) is 0.500. The van der Waals surface area contributed by atoms with Crippen molar-refractivity contribution >= 4 is 21.9 Å². The van der Waals surface area contributed by atoms with Gasteiger partial charge in [0, 0.05) is 37.5 Å². The molecule has 2 aliphatic rings. The van der Waals surface area contributed by atoms with Gasteiger partial charge >= 0.3 is 5.97 Å². The van der Waals surface area contributed by atoms with Crippen LogP contribution in [-0.4, -0.2) is 60.1 Å². The highest BCUT2D eigenvalue weighted by Crippen LogP contribution is 2.25. The van der Waals surface area contributed by atoms with Crippen LogP contribution in [0.5, 0.6) is 0 Å². The Morgan fingerprint density at radius 1 is 1.12 bits per heavy atom. The van der Waals surface area contributed by atoms with E-state index in [1.165, 1.54) is 29.2 Å². The van der Waals surface area contributed by atoms with Gasteiger partial charge in [-0.25, -0.2) is 17.9 Å². The number of hydrogen-bond donors (Lipinski definition) is 3. The van der Waals surface area contributed by atoms with Crippen LogP contribution in [0.15, 0.2) is 29.2 Å². The second-order valence-corrected chi connectivity index (χ2v) is 8.26. The lowest BCUT2D eigenvalue weighted by atomic mass is 9.91. The van der Waals surface area contributed by atoms with Crippen LogP contribution in [-0.2, 0) is 14.8 Å².